The van der Waals surface area contributed by atoms with Gasteiger partial charge in [-0.25, -0.2) is 4.21 Å². The summed E-state index contributed by atoms with van der Waals surface area (Å²) < 4.78 is 110. The standard InChI is InChI=1S/C4H5F7O3S/c1-15(12,13,14)4(10,11)2(5,6)3(7,8)9/h1H3,(H2,12,13,14). The van der Waals surface area contributed by atoms with Crippen molar-refractivity contribution in [1.29, 1.82) is 0 Å². The molecule has 0 aliphatic rings. The quantitative estimate of drug-likeness (QED) is 0.753. The van der Waals surface area contributed by atoms with Crippen LogP contribution in [-0.4, -0.2) is 36.9 Å². The molecule has 0 bridgehead atoms. The summed E-state index contributed by atoms with van der Waals surface area (Å²) in [5, 5.41) is -6.54. The third-order valence-corrected chi connectivity index (χ3v) is 2.75. The Morgan fingerprint density at radius 1 is 0.933 bits per heavy atom. The van der Waals surface area contributed by atoms with Crippen molar-refractivity contribution in [3.63, 3.8) is 0 Å². The highest BCUT2D eigenvalue weighted by Crippen LogP contribution is 2.53. The molecule has 0 rings (SSSR count). The summed E-state index contributed by atoms with van der Waals surface area (Å²) in [4.78, 5) is 0. The molecule has 0 fully saturated rings. The molecule has 94 valence electrons. The van der Waals surface area contributed by atoms with Crippen LogP contribution in [0, 0.1) is 0 Å². The van der Waals surface area contributed by atoms with Crippen LogP contribution in [0.25, 0.3) is 0 Å². The molecule has 0 aromatic heterocycles. The summed E-state index contributed by atoms with van der Waals surface area (Å²) in [6.07, 6.45) is -7.46. The van der Waals surface area contributed by atoms with E-state index in [9.17, 15) is 34.9 Å². The maximum absolute atomic E-state index is 12.4. The van der Waals surface area contributed by atoms with Crippen molar-refractivity contribution >= 4 is 9.63 Å². The molecule has 0 aliphatic heterocycles. The lowest BCUT2D eigenvalue weighted by Crippen LogP contribution is -2.64. The molecular weight excluding hydrogens is 261 g/mol. The summed E-state index contributed by atoms with van der Waals surface area (Å²) in [5.41, 5.74) is 0. The summed E-state index contributed by atoms with van der Waals surface area (Å²) in [6, 6.07) is 0. The predicted octanol–water partition coefficient (Wildman–Crippen LogP) is 2.17. The van der Waals surface area contributed by atoms with Crippen molar-refractivity contribution in [1.82, 2.24) is 0 Å². The van der Waals surface area contributed by atoms with Crippen molar-refractivity contribution in [2.45, 2.75) is 17.4 Å². The molecular formula is C4H5F7O3S. The maximum atomic E-state index is 12.4. The Morgan fingerprint density at radius 2 is 1.20 bits per heavy atom. The van der Waals surface area contributed by atoms with Gasteiger partial charge in [0.05, 0.1) is 0 Å². The Morgan fingerprint density at radius 3 is 1.27 bits per heavy atom. The van der Waals surface area contributed by atoms with Gasteiger partial charge in [-0.1, -0.05) is 0 Å². The first-order valence-corrected chi connectivity index (χ1v) is 5.26. The monoisotopic (exact) mass is 266 g/mol. The van der Waals surface area contributed by atoms with E-state index in [0.29, 0.717) is 0 Å². The number of rotatable bonds is 2. The smallest absolute Gasteiger partial charge is 0.303 e. The van der Waals surface area contributed by atoms with Gasteiger partial charge in [-0.3, -0.25) is 0 Å². The van der Waals surface area contributed by atoms with E-state index in [1.807, 2.05) is 0 Å². The highest BCUT2D eigenvalue weighted by atomic mass is 32.3. The Balaban J connectivity index is 5.73. The van der Waals surface area contributed by atoms with Crippen LogP contribution >= 0.6 is 0 Å². The van der Waals surface area contributed by atoms with Crippen molar-refractivity contribution in [2.24, 2.45) is 0 Å². The molecule has 3 nitrogen and oxygen atoms in total. The summed E-state index contributed by atoms with van der Waals surface area (Å²) in [6.45, 7) is 0. The van der Waals surface area contributed by atoms with E-state index >= 15 is 0 Å². The van der Waals surface area contributed by atoms with E-state index in [4.69, 9.17) is 9.11 Å². The molecule has 0 aliphatic carbocycles. The van der Waals surface area contributed by atoms with E-state index in [-0.39, 0.29) is 0 Å². The maximum Gasteiger partial charge on any atom is 0.461 e. The second kappa shape index (κ2) is 2.83. The normalized spacial score (nSPS) is 18.4. The third-order valence-electron chi connectivity index (χ3n) is 1.31. The topological polar surface area (TPSA) is 57.5 Å². The Hall–Kier alpha value is -0.420. The largest absolute Gasteiger partial charge is 0.461 e. The fraction of sp³-hybridized carbons (Fsp3) is 1.00. The Kier molecular flexibility index (Phi) is 2.75. The minimum Gasteiger partial charge on any atom is -0.303 e. The first kappa shape index (κ1) is 14.6. The van der Waals surface area contributed by atoms with Gasteiger partial charge in [0.25, 0.3) is 0 Å². The lowest BCUT2D eigenvalue weighted by molar-refractivity contribution is -0.335. The lowest BCUT2D eigenvalue weighted by atomic mass is 10.3. The van der Waals surface area contributed by atoms with Crippen molar-refractivity contribution in [3.05, 3.63) is 0 Å². The van der Waals surface area contributed by atoms with Crippen LogP contribution in [0.15, 0.2) is 0 Å². The zero-order valence-corrected chi connectivity index (χ0v) is 7.67. The first-order valence-electron chi connectivity index (χ1n) is 2.97. The molecule has 0 saturated heterocycles. The van der Waals surface area contributed by atoms with E-state index in [0.717, 1.165) is 0 Å². The molecule has 0 aromatic carbocycles. The van der Waals surface area contributed by atoms with Crippen LogP contribution in [-0.2, 0) is 9.63 Å². The zero-order chi connectivity index (χ0) is 12.9. The van der Waals surface area contributed by atoms with E-state index in [1.54, 1.807) is 0 Å². The highest BCUT2D eigenvalue weighted by Gasteiger charge is 2.81. The van der Waals surface area contributed by atoms with Gasteiger partial charge in [-0.2, -0.15) is 30.7 Å². The average molecular weight is 266 g/mol. The van der Waals surface area contributed by atoms with E-state index in [1.165, 1.54) is 0 Å². The van der Waals surface area contributed by atoms with Crippen LogP contribution in [0.2, 0.25) is 0 Å². The molecule has 2 N–H and O–H groups in total. The molecule has 0 atom stereocenters. The van der Waals surface area contributed by atoms with E-state index < -0.39 is 33.2 Å². The fourth-order valence-corrected chi connectivity index (χ4v) is 1.17. The second-order valence-electron chi connectivity index (χ2n) is 2.82. The van der Waals surface area contributed by atoms with Crippen LogP contribution in [0.1, 0.15) is 0 Å². The molecule has 0 amide bonds. The van der Waals surface area contributed by atoms with Gasteiger partial charge < -0.3 is 9.11 Å². The van der Waals surface area contributed by atoms with Gasteiger partial charge in [-0.05, 0) is 0 Å². The minimum absolute atomic E-state index is 0.698. The summed E-state index contributed by atoms with van der Waals surface area (Å²) in [7, 11) is -7.40. The Bertz CT molecular complexity index is 315. The van der Waals surface area contributed by atoms with Crippen LogP contribution in [0.5, 0.6) is 0 Å². The van der Waals surface area contributed by atoms with Gasteiger partial charge in [0.1, 0.15) is 9.63 Å². The van der Waals surface area contributed by atoms with Crippen LogP contribution < -0.4 is 0 Å². The van der Waals surface area contributed by atoms with Gasteiger partial charge in [0.15, 0.2) is 0 Å². The Labute approximate surface area is 78.3 Å². The zero-order valence-electron chi connectivity index (χ0n) is 6.86. The minimum atomic E-state index is -7.40. The highest BCUT2D eigenvalue weighted by molar-refractivity contribution is 8.10. The molecule has 0 radical (unpaired) electrons. The number of hydrogen-bond acceptors (Lipinski definition) is 1. The molecule has 15 heavy (non-hydrogen) atoms. The van der Waals surface area contributed by atoms with Crippen molar-refractivity contribution < 1.29 is 44.0 Å². The van der Waals surface area contributed by atoms with Gasteiger partial charge in [0, 0.05) is 6.26 Å². The molecule has 0 spiro atoms. The van der Waals surface area contributed by atoms with Crippen molar-refractivity contribution in [2.75, 3.05) is 6.26 Å². The predicted molar refractivity (Wildman–Crippen MR) is 35.3 cm³/mol. The lowest BCUT2D eigenvalue weighted by Gasteiger charge is -2.38. The molecule has 0 heterocycles. The van der Waals surface area contributed by atoms with Gasteiger partial charge in [0.2, 0.25) is 0 Å². The summed E-state index contributed by atoms with van der Waals surface area (Å²) >= 11 is 0. The SMILES string of the molecule is CS(=O)(O)(O)C(F)(F)C(F)(F)C(F)(F)F. The number of alkyl halides is 7. The number of halogens is 7. The van der Waals surface area contributed by atoms with Crippen molar-refractivity contribution in [3.8, 4) is 0 Å². The van der Waals surface area contributed by atoms with Gasteiger partial charge in [-0.15, -0.1) is 0 Å². The van der Waals surface area contributed by atoms with Crippen LogP contribution in [0.4, 0.5) is 30.7 Å². The molecule has 0 unspecified atom stereocenters. The van der Waals surface area contributed by atoms with Crippen LogP contribution in [0.3, 0.4) is 0 Å². The van der Waals surface area contributed by atoms with Gasteiger partial charge >= 0.3 is 17.4 Å². The first-order chi connectivity index (χ1) is 6.01. The molecule has 0 aromatic rings. The molecule has 0 saturated carbocycles. The fourth-order valence-electron chi connectivity index (χ4n) is 0.460. The second-order valence-corrected chi connectivity index (χ2v) is 5.80. The number of hydrogen-bond donors (Lipinski definition) is 2. The van der Waals surface area contributed by atoms with E-state index in [2.05, 4.69) is 0 Å². The molecule has 11 heteroatoms. The average Bonchev–Trinajstić information content (AvgIpc) is 1.79. The third kappa shape index (κ3) is 2.08. The summed E-state index contributed by atoms with van der Waals surface area (Å²) in [5.74, 6) is -6.82.